The molecule has 3 aromatic rings. The second-order valence-corrected chi connectivity index (χ2v) is 6.11. The third-order valence-corrected chi connectivity index (χ3v) is 4.41. The molecule has 0 aliphatic rings. The number of non-ortho nitro benzene ring substituents is 1. The first-order chi connectivity index (χ1) is 12.9. The summed E-state index contributed by atoms with van der Waals surface area (Å²) in [7, 11) is 1.60. The van der Waals surface area contributed by atoms with Crippen molar-refractivity contribution in [2.24, 2.45) is 0 Å². The maximum Gasteiger partial charge on any atom is 0.289 e. The van der Waals surface area contributed by atoms with Crippen LogP contribution < -0.4 is 0 Å². The van der Waals surface area contributed by atoms with Gasteiger partial charge in [-0.3, -0.25) is 14.9 Å². The molecule has 1 amide bonds. The normalized spacial score (nSPS) is 11.8. The lowest BCUT2D eigenvalue weighted by Gasteiger charge is -2.24. The van der Waals surface area contributed by atoms with E-state index in [-0.39, 0.29) is 23.2 Å². The fourth-order valence-corrected chi connectivity index (χ4v) is 2.69. The van der Waals surface area contributed by atoms with Crippen molar-refractivity contribution in [3.05, 3.63) is 87.9 Å². The zero-order valence-corrected chi connectivity index (χ0v) is 14.8. The monoisotopic (exact) mass is 368 g/mol. The van der Waals surface area contributed by atoms with Crippen molar-refractivity contribution in [3.63, 3.8) is 0 Å². The SMILES string of the molecule is C[C@@H](c1cccc([N+](=O)[O-])c1)N(C)C(=O)c1ccc(-c2ccc(F)cc2)o1. The van der Waals surface area contributed by atoms with E-state index >= 15 is 0 Å². The Hall–Kier alpha value is -3.48. The van der Waals surface area contributed by atoms with E-state index in [4.69, 9.17) is 4.42 Å². The second-order valence-electron chi connectivity index (χ2n) is 6.11. The average molecular weight is 368 g/mol. The predicted molar refractivity (Wildman–Crippen MR) is 97.7 cm³/mol. The summed E-state index contributed by atoms with van der Waals surface area (Å²) < 4.78 is 18.7. The van der Waals surface area contributed by atoms with Crippen molar-refractivity contribution in [2.75, 3.05) is 7.05 Å². The highest BCUT2D eigenvalue weighted by Crippen LogP contribution is 2.27. The molecule has 0 N–H and O–H groups in total. The van der Waals surface area contributed by atoms with Crippen LogP contribution in [-0.4, -0.2) is 22.8 Å². The first kappa shape index (κ1) is 18.3. The molecule has 0 radical (unpaired) electrons. The highest BCUT2D eigenvalue weighted by atomic mass is 19.1. The van der Waals surface area contributed by atoms with Gasteiger partial charge in [0.1, 0.15) is 11.6 Å². The molecule has 0 bridgehead atoms. The Kier molecular flexibility index (Phi) is 5.03. The van der Waals surface area contributed by atoms with Gasteiger partial charge in [0.25, 0.3) is 11.6 Å². The van der Waals surface area contributed by atoms with Crippen LogP contribution in [-0.2, 0) is 0 Å². The van der Waals surface area contributed by atoms with Gasteiger partial charge >= 0.3 is 0 Å². The topological polar surface area (TPSA) is 76.6 Å². The van der Waals surface area contributed by atoms with Gasteiger partial charge in [0.2, 0.25) is 0 Å². The average Bonchev–Trinajstić information content (AvgIpc) is 3.17. The number of hydrogen-bond donors (Lipinski definition) is 0. The predicted octanol–water partition coefficient (Wildman–Crippen LogP) is 4.83. The number of hydrogen-bond acceptors (Lipinski definition) is 4. The number of nitro groups is 1. The van der Waals surface area contributed by atoms with Gasteiger partial charge in [-0.15, -0.1) is 0 Å². The lowest BCUT2D eigenvalue weighted by atomic mass is 10.1. The van der Waals surface area contributed by atoms with Gasteiger partial charge in [0, 0.05) is 24.7 Å². The van der Waals surface area contributed by atoms with Crippen LogP contribution >= 0.6 is 0 Å². The third kappa shape index (κ3) is 3.87. The molecular weight excluding hydrogens is 351 g/mol. The van der Waals surface area contributed by atoms with Gasteiger partial charge in [-0.05, 0) is 48.9 Å². The van der Waals surface area contributed by atoms with Gasteiger partial charge < -0.3 is 9.32 Å². The molecule has 7 heteroatoms. The minimum Gasteiger partial charge on any atom is -0.451 e. The number of carbonyl (C=O) groups is 1. The molecule has 2 aromatic carbocycles. The van der Waals surface area contributed by atoms with Crippen molar-refractivity contribution in [1.82, 2.24) is 4.90 Å². The molecule has 27 heavy (non-hydrogen) atoms. The van der Waals surface area contributed by atoms with Crippen molar-refractivity contribution in [1.29, 1.82) is 0 Å². The Morgan fingerprint density at radius 1 is 1.15 bits per heavy atom. The molecule has 0 spiro atoms. The number of carbonyl (C=O) groups excluding carboxylic acids is 1. The van der Waals surface area contributed by atoms with E-state index in [9.17, 15) is 19.3 Å². The lowest BCUT2D eigenvalue weighted by molar-refractivity contribution is -0.384. The largest absolute Gasteiger partial charge is 0.451 e. The zero-order chi connectivity index (χ0) is 19.6. The number of halogens is 1. The molecule has 3 rings (SSSR count). The van der Waals surface area contributed by atoms with Gasteiger partial charge in [0.15, 0.2) is 5.76 Å². The van der Waals surface area contributed by atoms with Crippen LogP contribution in [0, 0.1) is 15.9 Å². The fourth-order valence-electron chi connectivity index (χ4n) is 2.69. The summed E-state index contributed by atoms with van der Waals surface area (Å²) in [6, 6.07) is 14.7. The smallest absolute Gasteiger partial charge is 0.289 e. The summed E-state index contributed by atoms with van der Waals surface area (Å²) >= 11 is 0. The summed E-state index contributed by atoms with van der Waals surface area (Å²) in [4.78, 5) is 24.6. The minimum atomic E-state index is -0.473. The highest BCUT2D eigenvalue weighted by Gasteiger charge is 2.23. The van der Waals surface area contributed by atoms with Crippen LogP contribution in [0.25, 0.3) is 11.3 Å². The number of nitro benzene ring substituents is 1. The van der Waals surface area contributed by atoms with Gasteiger partial charge in [-0.25, -0.2) is 4.39 Å². The number of nitrogens with zero attached hydrogens (tertiary/aromatic N) is 2. The Morgan fingerprint density at radius 2 is 1.85 bits per heavy atom. The van der Waals surface area contributed by atoms with E-state index in [2.05, 4.69) is 0 Å². The summed E-state index contributed by atoms with van der Waals surface area (Å²) in [5.74, 6) is -0.127. The number of furan rings is 1. The number of benzene rings is 2. The number of rotatable bonds is 5. The molecule has 138 valence electrons. The van der Waals surface area contributed by atoms with Crippen LogP contribution in [0.2, 0.25) is 0 Å². The van der Waals surface area contributed by atoms with E-state index in [0.29, 0.717) is 16.9 Å². The van der Waals surface area contributed by atoms with Crippen LogP contribution in [0.4, 0.5) is 10.1 Å². The second kappa shape index (κ2) is 7.41. The summed E-state index contributed by atoms with van der Waals surface area (Å²) in [5.41, 5.74) is 1.27. The van der Waals surface area contributed by atoms with Crippen molar-refractivity contribution in [3.8, 4) is 11.3 Å². The molecule has 1 heterocycles. The Morgan fingerprint density at radius 3 is 2.52 bits per heavy atom. The standard InChI is InChI=1S/C20H17FN2O4/c1-13(15-4-3-5-17(12-15)23(25)26)22(2)20(24)19-11-10-18(27-19)14-6-8-16(21)9-7-14/h3-13H,1-2H3/t13-/m0/s1. The maximum absolute atomic E-state index is 13.0. The minimum absolute atomic E-state index is 0.0307. The molecule has 0 saturated carbocycles. The molecule has 0 unspecified atom stereocenters. The Bertz CT molecular complexity index is 982. The van der Waals surface area contributed by atoms with Crippen LogP contribution in [0.1, 0.15) is 29.1 Å². The lowest BCUT2D eigenvalue weighted by Crippen LogP contribution is -2.29. The number of amides is 1. The molecule has 6 nitrogen and oxygen atoms in total. The molecular formula is C20H17FN2O4. The molecule has 0 fully saturated rings. The van der Waals surface area contributed by atoms with E-state index in [1.54, 1.807) is 50.4 Å². The summed E-state index contributed by atoms with van der Waals surface area (Å²) in [6.45, 7) is 1.78. The molecule has 1 atom stereocenters. The van der Waals surface area contributed by atoms with Crippen molar-refractivity contribution < 1.29 is 18.5 Å². The van der Waals surface area contributed by atoms with Crippen molar-refractivity contribution >= 4 is 11.6 Å². The first-order valence-electron chi connectivity index (χ1n) is 8.24. The van der Waals surface area contributed by atoms with Crippen LogP contribution in [0.5, 0.6) is 0 Å². The Balaban J connectivity index is 1.80. The maximum atomic E-state index is 13.0. The first-order valence-corrected chi connectivity index (χ1v) is 8.24. The Labute approximate surface area is 155 Å². The van der Waals surface area contributed by atoms with E-state index in [1.807, 2.05) is 0 Å². The van der Waals surface area contributed by atoms with Gasteiger partial charge in [-0.2, -0.15) is 0 Å². The molecule has 0 aliphatic heterocycles. The van der Waals surface area contributed by atoms with Crippen LogP contribution in [0.3, 0.4) is 0 Å². The van der Waals surface area contributed by atoms with E-state index in [0.717, 1.165) is 0 Å². The highest BCUT2D eigenvalue weighted by molar-refractivity contribution is 5.92. The van der Waals surface area contributed by atoms with Gasteiger partial charge in [-0.1, -0.05) is 12.1 Å². The zero-order valence-electron chi connectivity index (χ0n) is 14.8. The molecule has 1 aromatic heterocycles. The van der Waals surface area contributed by atoms with E-state index in [1.165, 1.54) is 29.2 Å². The summed E-state index contributed by atoms with van der Waals surface area (Å²) in [5, 5.41) is 10.9. The van der Waals surface area contributed by atoms with E-state index < -0.39 is 11.0 Å². The fraction of sp³-hybridized carbons (Fsp3) is 0.150. The van der Waals surface area contributed by atoms with Gasteiger partial charge in [0.05, 0.1) is 11.0 Å². The van der Waals surface area contributed by atoms with Crippen molar-refractivity contribution in [2.45, 2.75) is 13.0 Å². The quantitative estimate of drug-likeness (QED) is 0.477. The third-order valence-electron chi connectivity index (χ3n) is 4.41. The molecule has 0 aliphatic carbocycles. The molecule has 0 saturated heterocycles. The summed E-state index contributed by atoms with van der Waals surface area (Å²) in [6.07, 6.45) is 0. The van der Waals surface area contributed by atoms with Crippen LogP contribution in [0.15, 0.2) is 65.1 Å².